The number of hydrogen-bond acceptors (Lipinski definition) is 7. The Morgan fingerprint density at radius 1 is 0.932 bits per heavy atom. The molecule has 3 aromatic rings. The number of benzene rings is 3. The van der Waals surface area contributed by atoms with Crippen molar-refractivity contribution < 1.29 is 24.1 Å². The Morgan fingerprint density at radius 3 is 2.36 bits per heavy atom. The van der Waals surface area contributed by atoms with Crippen LogP contribution in [0.1, 0.15) is 67.3 Å². The molecule has 1 N–H and O–H groups in total. The molecule has 1 saturated heterocycles. The monoisotopic (exact) mass is 602 g/mol. The third-order valence-corrected chi connectivity index (χ3v) is 9.52. The van der Waals surface area contributed by atoms with Crippen LogP contribution in [0.2, 0.25) is 0 Å². The van der Waals surface area contributed by atoms with Crippen LogP contribution >= 0.6 is 0 Å². The highest BCUT2D eigenvalue weighted by Gasteiger charge is 2.28. The molecule has 3 aromatic carbocycles. The van der Waals surface area contributed by atoms with Crippen LogP contribution in [-0.4, -0.2) is 70.7 Å². The Labute approximate surface area is 263 Å². The second-order valence-electron chi connectivity index (χ2n) is 12.4. The van der Waals surface area contributed by atoms with E-state index in [1.165, 1.54) is 27.9 Å². The summed E-state index contributed by atoms with van der Waals surface area (Å²) in [6, 6.07) is 18.8. The molecule has 0 amide bonds. The summed E-state index contributed by atoms with van der Waals surface area (Å²) in [6.07, 6.45) is 5.20. The van der Waals surface area contributed by atoms with Crippen LogP contribution in [0.4, 0.5) is 5.69 Å². The van der Waals surface area contributed by atoms with Crippen molar-refractivity contribution in [2.45, 2.75) is 57.9 Å². The van der Waals surface area contributed by atoms with Crippen LogP contribution in [-0.2, 0) is 17.6 Å². The van der Waals surface area contributed by atoms with E-state index in [4.69, 9.17) is 18.9 Å². The number of phenols is 1. The first-order chi connectivity index (χ1) is 21.4. The van der Waals surface area contributed by atoms with E-state index >= 15 is 0 Å². The molecule has 2 aliphatic rings. The quantitative estimate of drug-likeness (QED) is 0.226. The summed E-state index contributed by atoms with van der Waals surface area (Å²) >= 11 is 0. The number of rotatable bonds is 13. The van der Waals surface area contributed by atoms with E-state index in [2.05, 4.69) is 73.2 Å². The number of likely N-dealkylation sites (N-methyl/N-ethyl adjacent to an activating group) is 1. The third kappa shape index (κ3) is 7.62. The minimum Gasteiger partial charge on any atom is -0.508 e. The van der Waals surface area contributed by atoms with Gasteiger partial charge in [-0.25, -0.2) is 0 Å². The lowest BCUT2D eigenvalue weighted by atomic mass is 9.79. The van der Waals surface area contributed by atoms with Crippen molar-refractivity contribution in [3.63, 3.8) is 0 Å². The zero-order chi connectivity index (χ0) is 31.1. The average Bonchev–Trinajstić information content (AvgIpc) is 3.05. The lowest BCUT2D eigenvalue weighted by Crippen LogP contribution is -2.32. The van der Waals surface area contributed by atoms with Crippen molar-refractivity contribution in [1.29, 1.82) is 0 Å². The van der Waals surface area contributed by atoms with Gasteiger partial charge in [-0.2, -0.15) is 0 Å². The van der Waals surface area contributed by atoms with Crippen molar-refractivity contribution in [1.82, 2.24) is 4.90 Å². The molecule has 1 unspecified atom stereocenters. The predicted octanol–water partition coefficient (Wildman–Crippen LogP) is 7.01. The van der Waals surface area contributed by atoms with Crippen LogP contribution in [0.15, 0.2) is 54.6 Å². The molecule has 238 valence electrons. The Balaban J connectivity index is 1.29. The highest BCUT2D eigenvalue weighted by atomic mass is 16.5. The van der Waals surface area contributed by atoms with Gasteiger partial charge in [0.1, 0.15) is 18.1 Å². The van der Waals surface area contributed by atoms with E-state index in [0.29, 0.717) is 18.3 Å². The molecule has 1 fully saturated rings. The van der Waals surface area contributed by atoms with Gasteiger partial charge in [-0.1, -0.05) is 18.2 Å². The molecule has 5 rings (SSSR count). The fourth-order valence-electron chi connectivity index (χ4n) is 6.92. The number of phenolic OH excluding ortho intramolecular Hbond substituents is 1. The molecule has 1 aliphatic heterocycles. The Bertz CT molecular complexity index is 1350. The van der Waals surface area contributed by atoms with E-state index in [1.807, 2.05) is 6.07 Å². The molecule has 0 saturated carbocycles. The Hall–Kier alpha value is -3.42. The highest BCUT2D eigenvalue weighted by Crippen LogP contribution is 2.45. The second kappa shape index (κ2) is 15.0. The molecule has 0 bridgehead atoms. The number of fused-ring (bicyclic) bond motifs is 1. The highest BCUT2D eigenvalue weighted by molar-refractivity contribution is 5.65. The smallest absolute Gasteiger partial charge is 0.162 e. The number of nitrogens with zero attached hydrogens (tertiary/aromatic N) is 2. The maximum atomic E-state index is 10.0. The summed E-state index contributed by atoms with van der Waals surface area (Å²) < 4.78 is 23.2. The van der Waals surface area contributed by atoms with Crippen LogP contribution in [0.25, 0.3) is 0 Å². The molecule has 1 aliphatic carbocycles. The molecule has 44 heavy (non-hydrogen) atoms. The summed E-state index contributed by atoms with van der Waals surface area (Å²) in [4.78, 5) is 4.84. The van der Waals surface area contributed by atoms with Crippen LogP contribution in [0.5, 0.6) is 23.0 Å². The Morgan fingerprint density at radius 2 is 1.66 bits per heavy atom. The first-order valence-corrected chi connectivity index (χ1v) is 16.2. The summed E-state index contributed by atoms with van der Waals surface area (Å²) in [7, 11) is 5.59. The lowest BCUT2D eigenvalue weighted by Gasteiger charge is -2.36. The van der Waals surface area contributed by atoms with E-state index in [-0.39, 0.29) is 6.04 Å². The van der Waals surface area contributed by atoms with Crippen molar-refractivity contribution in [3.8, 4) is 23.0 Å². The van der Waals surface area contributed by atoms with Gasteiger partial charge in [-0.15, -0.1) is 0 Å². The molecule has 7 heteroatoms. The number of anilines is 1. The summed E-state index contributed by atoms with van der Waals surface area (Å²) in [6.45, 7) is 9.80. The van der Waals surface area contributed by atoms with E-state index in [1.54, 1.807) is 20.3 Å². The molecule has 0 aromatic heterocycles. The summed E-state index contributed by atoms with van der Waals surface area (Å²) in [5, 5.41) is 10.0. The maximum absolute atomic E-state index is 10.0. The topological polar surface area (TPSA) is 63.6 Å². The van der Waals surface area contributed by atoms with Gasteiger partial charge < -0.3 is 33.9 Å². The number of methoxy groups -OCH3 is 2. The minimum absolute atomic E-state index is 0.143. The molecule has 1 heterocycles. The maximum Gasteiger partial charge on any atom is 0.162 e. The number of ether oxygens (including phenoxy) is 4. The minimum atomic E-state index is 0.143. The van der Waals surface area contributed by atoms with E-state index < -0.39 is 0 Å². The molecular weight excluding hydrogens is 552 g/mol. The largest absolute Gasteiger partial charge is 0.508 e. The van der Waals surface area contributed by atoms with Crippen molar-refractivity contribution >= 4 is 5.69 Å². The zero-order valence-electron chi connectivity index (χ0n) is 27.2. The van der Waals surface area contributed by atoms with Gasteiger partial charge in [0.25, 0.3) is 0 Å². The lowest BCUT2D eigenvalue weighted by molar-refractivity contribution is 0.0543. The summed E-state index contributed by atoms with van der Waals surface area (Å²) in [5.74, 6) is 3.81. The van der Waals surface area contributed by atoms with E-state index in [0.717, 1.165) is 88.1 Å². The standard InChI is InChI=1S/C37H50N2O5/c1-6-39(26(2)28-10-13-33(14-11-28)44-20-17-38(3)25-27-15-18-43-19-16-27)35-24-37(42-5)36(41-4)23-34(35)31-8-7-30-22-32(40)12-9-29(30)21-31/h9-14,22-24,26-27,31,40H,6-8,15-21,25H2,1-5H3/t26?,31-/m1/s1. The van der Waals surface area contributed by atoms with Gasteiger partial charge in [0, 0.05) is 44.6 Å². The molecule has 0 spiro atoms. The first-order valence-electron chi connectivity index (χ1n) is 16.2. The van der Waals surface area contributed by atoms with Gasteiger partial charge in [0.2, 0.25) is 0 Å². The van der Waals surface area contributed by atoms with Gasteiger partial charge in [0.15, 0.2) is 11.5 Å². The fraction of sp³-hybridized carbons (Fsp3) is 0.514. The normalized spacial score (nSPS) is 17.6. The van der Waals surface area contributed by atoms with Crippen LogP contribution in [0.3, 0.4) is 0 Å². The zero-order valence-corrected chi connectivity index (χ0v) is 27.2. The number of aromatic hydroxyl groups is 1. The van der Waals surface area contributed by atoms with Crippen molar-refractivity contribution in [2.24, 2.45) is 5.92 Å². The van der Waals surface area contributed by atoms with Gasteiger partial charge >= 0.3 is 0 Å². The molecular formula is C37H50N2O5. The average molecular weight is 603 g/mol. The van der Waals surface area contributed by atoms with Gasteiger partial charge in [-0.3, -0.25) is 0 Å². The third-order valence-electron chi connectivity index (χ3n) is 9.52. The molecule has 2 atom stereocenters. The fourth-order valence-corrected chi connectivity index (χ4v) is 6.92. The van der Waals surface area contributed by atoms with Crippen LogP contribution in [0, 0.1) is 5.92 Å². The van der Waals surface area contributed by atoms with Crippen molar-refractivity contribution in [3.05, 3.63) is 76.9 Å². The predicted molar refractivity (Wildman–Crippen MR) is 177 cm³/mol. The van der Waals surface area contributed by atoms with Crippen molar-refractivity contribution in [2.75, 3.05) is 65.6 Å². The molecule has 0 radical (unpaired) electrons. The van der Waals surface area contributed by atoms with E-state index in [9.17, 15) is 5.11 Å². The number of hydrogen-bond donors (Lipinski definition) is 1. The van der Waals surface area contributed by atoms with Crippen LogP contribution < -0.4 is 19.1 Å². The SMILES string of the molecule is CCN(c1cc(OC)c(OC)cc1[C@@H]1CCc2cc(O)ccc2C1)C(C)c1ccc(OCCN(C)CC2CCOCC2)cc1. The first kappa shape index (κ1) is 32.0. The second-order valence-corrected chi connectivity index (χ2v) is 12.4. The molecule has 7 nitrogen and oxygen atoms in total. The van der Waals surface area contributed by atoms with Gasteiger partial charge in [-0.05, 0) is 117 Å². The number of aryl methyl sites for hydroxylation is 1. The van der Waals surface area contributed by atoms with Gasteiger partial charge in [0.05, 0.1) is 20.3 Å². The summed E-state index contributed by atoms with van der Waals surface area (Å²) in [5.41, 5.74) is 6.25. The Kier molecular flexibility index (Phi) is 10.9.